The molecule has 1 saturated heterocycles. The molecule has 2 aliphatic rings. The fraction of sp³-hybridized carbons (Fsp3) is 0.444. The minimum Gasteiger partial charge on any atom is -0.486 e. The molecule has 0 N–H and O–H groups in total. The Morgan fingerprint density at radius 3 is 2.29 bits per heavy atom. The van der Waals surface area contributed by atoms with Crippen molar-refractivity contribution in [3.05, 3.63) is 42.0 Å². The molecule has 0 atom stereocenters. The lowest BCUT2D eigenvalue weighted by Crippen LogP contribution is -2.50. The predicted octanol–water partition coefficient (Wildman–Crippen LogP) is 2.74. The number of ether oxygens (including phenoxy) is 3. The van der Waals surface area contributed by atoms with Crippen LogP contribution in [0.3, 0.4) is 0 Å². The average Bonchev–Trinajstić information content (AvgIpc) is 3.38. The summed E-state index contributed by atoms with van der Waals surface area (Å²) in [5.41, 5.74) is 1.06. The van der Waals surface area contributed by atoms with Crippen LogP contribution < -0.4 is 14.4 Å². The van der Waals surface area contributed by atoms with Crippen LogP contribution >= 0.6 is 11.3 Å². The van der Waals surface area contributed by atoms with Crippen molar-refractivity contribution in [3.63, 3.8) is 0 Å². The number of hydrogen-bond donors (Lipinski definition) is 0. The maximum atomic E-state index is 13.7. The first-order valence-corrected chi connectivity index (χ1v) is 15.6. The third kappa shape index (κ3) is 6.25. The van der Waals surface area contributed by atoms with Crippen molar-refractivity contribution in [2.75, 3.05) is 78.1 Å². The van der Waals surface area contributed by atoms with Crippen molar-refractivity contribution in [1.29, 1.82) is 0 Å². The maximum absolute atomic E-state index is 13.7. The van der Waals surface area contributed by atoms with Gasteiger partial charge in [0.05, 0.1) is 21.7 Å². The third-order valence-corrected chi connectivity index (χ3v) is 9.75. The molecule has 0 spiro atoms. The van der Waals surface area contributed by atoms with E-state index in [9.17, 15) is 18.0 Å². The molecule has 0 bridgehead atoms. The minimum atomic E-state index is -3.80. The lowest BCUT2D eigenvalue weighted by atomic mass is 10.2. The van der Waals surface area contributed by atoms with E-state index in [1.54, 1.807) is 11.8 Å². The second-order valence-corrected chi connectivity index (χ2v) is 12.8. The Hall–Kier alpha value is -3.46. The first kappa shape index (κ1) is 29.0. The number of amides is 2. The van der Waals surface area contributed by atoms with Gasteiger partial charge in [-0.1, -0.05) is 11.3 Å². The van der Waals surface area contributed by atoms with Crippen molar-refractivity contribution in [2.45, 2.75) is 11.8 Å². The van der Waals surface area contributed by atoms with E-state index < -0.39 is 16.1 Å². The van der Waals surface area contributed by atoms with Crippen LogP contribution in [0.25, 0.3) is 10.2 Å². The quantitative estimate of drug-likeness (QED) is 0.383. The number of piperazine rings is 1. The molecule has 2 aromatic carbocycles. The molecule has 0 aliphatic carbocycles. The van der Waals surface area contributed by atoms with Crippen LogP contribution in [0.4, 0.5) is 9.93 Å². The number of sulfonamides is 1. The number of nitrogens with zero attached hydrogens (tertiary/aromatic N) is 5. The summed E-state index contributed by atoms with van der Waals surface area (Å²) in [5.74, 6) is 1.00. The molecule has 1 fully saturated rings. The molecule has 1 aromatic heterocycles. The lowest BCUT2D eigenvalue weighted by Gasteiger charge is -2.33. The Kier molecular flexibility index (Phi) is 8.63. The number of carbonyl (C=O) groups is 2. The smallest absolute Gasteiger partial charge is 0.409 e. The van der Waals surface area contributed by atoms with Crippen molar-refractivity contribution in [2.24, 2.45) is 0 Å². The van der Waals surface area contributed by atoms with Gasteiger partial charge in [0, 0.05) is 57.0 Å². The van der Waals surface area contributed by atoms with Crippen molar-refractivity contribution in [1.82, 2.24) is 19.1 Å². The van der Waals surface area contributed by atoms with E-state index in [-0.39, 0.29) is 43.6 Å². The molecule has 0 radical (unpaired) electrons. The highest BCUT2D eigenvalue weighted by molar-refractivity contribution is 7.89. The highest BCUT2D eigenvalue weighted by Crippen LogP contribution is 2.39. The average molecular weight is 604 g/mol. The Balaban J connectivity index is 1.34. The summed E-state index contributed by atoms with van der Waals surface area (Å²) in [5, 5.41) is 0.533. The molecule has 0 unspecified atom stereocenters. The van der Waals surface area contributed by atoms with Gasteiger partial charge < -0.3 is 24.0 Å². The molecule has 12 nitrogen and oxygen atoms in total. The Labute approximate surface area is 243 Å². The summed E-state index contributed by atoms with van der Waals surface area (Å²) in [6.07, 6.45) is -0.444. The number of likely N-dealkylation sites (N-methyl/N-ethyl adjacent to an activating group) is 1. The molecule has 220 valence electrons. The first-order chi connectivity index (χ1) is 19.7. The zero-order valence-corrected chi connectivity index (χ0v) is 24.9. The van der Waals surface area contributed by atoms with E-state index in [1.165, 1.54) is 44.8 Å². The zero-order chi connectivity index (χ0) is 29.1. The fourth-order valence-electron chi connectivity index (χ4n) is 4.55. The van der Waals surface area contributed by atoms with Crippen LogP contribution in [-0.2, 0) is 14.8 Å². The Morgan fingerprint density at radius 1 is 1.00 bits per heavy atom. The van der Waals surface area contributed by atoms with Gasteiger partial charge in [0.1, 0.15) is 13.2 Å². The van der Waals surface area contributed by atoms with E-state index >= 15 is 0 Å². The molecule has 0 saturated carbocycles. The van der Waals surface area contributed by atoms with Gasteiger partial charge in [0.2, 0.25) is 10.0 Å². The normalized spacial score (nSPS) is 15.8. The molecule has 5 rings (SSSR count). The van der Waals surface area contributed by atoms with Gasteiger partial charge in [-0.2, -0.15) is 4.31 Å². The van der Waals surface area contributed by atoms with E-state index in [0.717, 1.165) is 4.70 Å². The summed E-state index contributed by atoms with van der Waals surface area (Å²) in [6, 6.07) is 9.66. The van der Waals surface area contributed by atoms with Crippen LogP contribution in [0.5, 0.6) is 11.5 Å². The second-order valence-electron chi connectivity index (χ2n) is 9.83. The van der Waals surface area contributed by atoms with Crippen molar-refractivity contribution in [3.8, 4) is 11.5 Å². The van der Waals surface area contributed by atoms with E-state index in [2.05, 4.69) is 0 Å². The Bertz CT molecular complexity index is 1470. The van der Waals surface area contributed by atoms with Crippen molar-refractivity contribution < 1.29 is 32.2 Å². The number of benzene rings is 2. The minimum absolute atomic E-state index is 0.0871. The topological polar surface area (TPSA) is 122 Å². The summed E-state index contributed by atoms with van der Waals surface area (Å²) in [6.45, 7) is 4.76. The zero-order valence-electron chi connectivity index (χ0n) is 23.2. The summed E-state index contributed by atoms with van der Waals surface area (Å²) < 4.78 is 45.2. The van der Waals surface area contributed by atoms with Crippen LogP contribution in [0.15, 0.2) is 41.3 Å². The van der Waals surface area contributed by atoms with Gasteiger partial charge in [-0.15, -0.1) is 0 Å². The molecule has 3 aromatic rings. The Morgan fingerprint density at radius 2 is 1.66 bits per heavy atom. The standard InChI is InChI=1S/C27H33N5O7S2/c1-4-37-27(34)30-10-12-31(13-11-30)41(35,36)20-7-5-19(6-8-20)25(33)32(14-9-29(2)3)26-28-21-17-22-23(18-24(21)40-26)39-16-15-38-22/h5-8,17-18H,4,9-16H2,1-3H3. The van der Waals surface area contributed by atoms with Gasteiger partial charge in [0.15, 0.2) is 16.6 Å². The molecule has 41 heavy (non-hydrogen) atoms. The largest absolute Gasteiger partial charge is 0.486 e. The highest BCUT2D eigenvalue weighted by atomic mass is 32.2. The van der Waals surface area contributed by atoms with Crippen LogP contribution in [0.2, 0.25) is 0 Å². The third-order valence-electron chi connectivity index (χ3n) is 6.79. The number of rotatable bonds is 8. The van der Waals surface area contributed by atoms with E-state index in [0.29, 0.717) is 54.0 Å². The van der Waals surface area contributed by atoms with Gasteiger partial charge in [-0.3, -0.25) is 9.69 Å². The fourth-order valence-corrected chi connectivity index (χ4v) is 6.97. The number of aromatic nitrogens is 1. The monoisotopic (exact) mass is 603 g/mol. The summed E-state index contributed by atoms with van der Waals surface area (Å²) >= 11 is 1.38. The van der Waals surface area contributed by atoms with Crippen LogP contribution in [0, 0.1) is 0 Å². The number of hydrogen-bond acceptors (Lipinski definition) is 10. The number of carbonyl (C=O) groups excluding carboxylic acids is 2. The van der Waals surface area contributed by atoms with Gasteiger partial charge >= 0.3 is 6.09 Å². The maximum Gasteiger partial charge on any atom is 0.409 e. The summed E-state index contributed by atoms with van der Waals surface area (Å²) in [4.78, 5) is 35.6. The first-order valence-electron chi connectivity index (χ1n) is 13.4. The lowest BCUT2D eigenvalue weighted by molar-refractivity contribution is 0.0933. The highest BCUT2D eigenvalue weighted by Gasteiger charge is 2.31. The van der Waals surface area contributed by atoms with Crippen LogP contribution in [0.1, 0.15) is 17.3 Å². The van der Waals surface area contributed by atoms with Gasteiger partial charge in [-0.25, -0.2) is 18.2 Å². The predicted molar refractivity (Wildman–Crippen MR) is 155 cm³/mol. The molecule has 2 amide bonds. The van der Waals surface area contributed by atoms with Gasteiger partial charge in [-0.05, 0) is 45.3 Å². The van der Waals surface area contributed by atoms with Crippen LogP contribution in [-0.4, -0.2) is 113 Å². The van der Waals surface area contributed by atoms with E-state index in [1.807, 2.05) is 31.1 Å². The SMILES string of the molecule is CCOC(=O)N1CCN(S(=O)(=O)c2ccc(C(=O)N(CCN(C)C)c3nc4cc5c(cc4s3)OCCO5)cc2)CC1. The summed E-state index contributed by atoms with van der Waals surface area (Å²) in [7, 11) is 0.0567. The van der Waals surface area contributed by atoms with Gasteiger partial charge in [0.25, 0.3) is 5.91 Å². The van der Waals surface area contributed by atoms with E-state index in [4.69, 9.17) is 19.2 Å². The molecular weight excluding hydrogens is 570 g/mol. The number of fused-ring (bicyclic) bond motifs is 2. The molecule has 3 heterocycles. The second kappa shape index (κ2) is 12.2. The number of thiazole rings is 1. The molecule has 14 heteroatoms. The molecule has 2 aliphatic heterocycles. The van der Waals surface area contributed by atoms with Crippen molar-refractivity contribution >= 4 is 48.7 Å². The molecular formula is C27H33N5O7S2. The number of anilines is 1.